The lowest BCUT2D eigenvalue weighted by atomic mass is 10.1. The number of halogens is 1. The third kappa shape index (κ3) is 4.64. The molecule has 21 heavy (non-hydrogen) atoms. The summed E-state index contributed by atoms with van der Waals surface area (Å²) in [5.74, 6) is 0. The maximum atomic E-state index is 6.20. The molecule has 0 saturated carbocycles. The molecule has 0 radical (unpaired) electrons. The van der Waals surface area contributed by atoms with E-state index in [2.05, 4.69) is 22.2 Å². The number of pyridine rings is 1. The predicted octanol–water partition coefficient (Wildman–Crippen LogP) is 2.56. The Hall–Kier alpha value is -1.20. The topological polar surface area (TPSA) is 37.4 Å². The first-order chi connectivity index (χ1) is 10.2. The van der Waals surface area contributed by atoms with E-state index >= 15 is 0 Å². The highest BCUT2D eigenvalue weighted by atomic mass is 35.5. The van der Waals surface area contributed by atoms with Gasteiger partial charge in [0, 0.05) is 49.9 Å². The first-order valence-electron chi connectivity index (χ1n) is 7.12. The van der Waals surface area contributed by atoms with Crippen LogP contribution in [0, 0.1) is 0 Å². The van der Waals surface area contributed by atoms with Gasteiger partial charge in [-0.05, 0) is 30.8 Å². The molecule has 0 amide bonds. The molecule has 0 atom stereocenters. The maximum absolute atomic E-state index is 6.20. The van der Waals surface area contributed by atoms with E-state index in [-0.39, 0.29) is 0 Å². The highest BCUT2D eigenvalue weighted by Crippen LogP contribution is 2.24. The van der Waals surface area contributed by atoms with Gasteiger partial charge >= 0.3 is 0 Å². The number of methoxy groups -OCH3 is 1. The van der Waals surface area contributed by atoms with Gasteiger partial charge in [0.1, 0.15) is 0 Å². The van der Waals surface area contributed by atoms with Crippen LogP contribution in [0.4, 0.5) is 0 Å². The Bertz CT molecular complexity index is 576. The number of likely N-dealkylation sites (N-methyl/N-ethyl adjacent to an activating group) is 1. The third-order valence-electron chi connectivity index (χ3n) is 3.46. The predicted molar refractivity (Wildman–Crippen MR) is 87.8 cm³/mol. The average Bonchev–Trinajstić information content (AvgIpc) is 2.51. The Balaban J connectivity index is 1.88. The standard InChI is InChI=1S/C16H22ClN3O/c1-20(10-11-21-2)9-8-18-12-13-5-6-15(17)14-4-3-7-19-16(13)14/h3-7,18H,8-12H2,1-2H3. The first-order valence-corrected chi connectivity index (χ1v) is 7.50. The summed E-state index contributed by atoms with van der Waals surface area (Å²) in [4.78, 5) is 6.69. The van der Waals surface area contributed by atoms with E-state index in [4.69, 9.17) is 16.3 Å². The van der Waals surface area contributed by atoms with Crippen molar-refractivity contribution in [3.05, 3.63) is 41.0 Å². The molecule has 0 aliphatic carbocycles. The summed E-state index contributed by atoms with van der Waals surface area (Å²) in [5.41, 5.74) is 2.15. The highest BCUT2D eigenvalue weighted by Gasteiger charge is 2.05. The highest BCUT2D eigenvalue weighted by molar-refractivity contribution is 6.35. The number of nitrogens with zero attached hydrogens (tertiary/aromatic N) is 2. The van der Waals surface area contributed by atoms with Gasteiger partial charge in [0.15, 0.2) is 0 Å². The summed E-state index contributed by atoms with van der Waals surface area (Å²) in [6.45, 7) is 4.42. The van der Waals surface area contributed by atoms with Gasteiger partial charge in [-0.15, -0.1) is 0 Å². The molecule has 0 fully saturated rings. The Morgan fingerprint density at radius 2 is 2.14 bits per heavy atom. The summed E-state index contributed by atoms with van der Waals surface area (Å²) in [5, 5.41) is 5.22. The van der Waals surface area contributed by atoms with Crippen molar-refractivity contribution in [2.24, 2.45) is 0 Å². The Morgan fingerprint density at radius 3 is 2.95 bits per heavy atom. The van der Waals surface area contributed by atoms with Gasteiger partial charge in [0.2, 0.25) is 0 Å². The normalized spacial score (nSPS) is 11.4. The number of aromatic nitrogens is 1. The number of benzene rings is 1. The van der Waals surface area contributed by atoms with Crippen LogP contribution in [0.25, 0.3) is 10.9 Å². The molecule has 0 bridgehead atoms. The van der Waals surface area contributed by atoms with Gasteiger partial charge in [-0.3, -0.25) is 4.98 Å². The minimum atomic E-state index is 0.751. The molecule has 2 aromatic rings. The molecule has 0 saturated heterocycles. The third-order valence-corrected chi connectivity index (χ3v) is 3.79. The van der Waals surface area contributed by atoms with Crippen LogP contribution in [0.1, 0.15) is 5.56 Å². The smallest absolute Gasteiger partial charge is 0.0761 e. The van der Waals surface area contributed by atoms with Crippen molar-refractivity contribution < 1.29 is 4.74 Å². The van der Waals surface area contributed by atoms with Gasteiger partial charge in [-0.25, -0.2) is 0 Å². The number of ether oxygens (including phenoxy) is 1. The van der Waals surface area contributed by atoms with E-state index in [0.717, 1.165) is 48.7 Å². The molecular weight excluding hydrogens is 286 g/mol. The van der Waals surface area contributed by atoms with E-state index in [0.29, 0.717) is 0 Å². The van der Waals surface area contributed by atoms with Crippen LogP contribution >= 0.6 is 11.6 Å². The van der Waals surface area contributed by atoms with Crippen molar-refractivity contribution in [2.75, 3.05) is 40.4 Å². The average molecular weight is 308 g/mol. The Morgan fingerprint density at radius 1 is 1.29 bits per heavy atom. The van der Waals surface area contributed by atoms with Crippen molar-refractivity contribution in [1.82, 2.24) is 15.2 Å². The van der Waals surface area contributed by atoms with Crippen molar-refractivity contribution in [1.29, 1.82) is 0 Å². The Labute approximate surface area is 131 Å². The molecule has 1 heterocycles. The second-order valence-corrected chi connectivity index (χ2v) is 5.49. The van der Waals surface area contributed by atoms with Crippen LogP contribution in [0.5, 0.6) is 0 Å². The van der Waals surface area contributed by atoms with Gasteiger partial charge in [-0.2, -0.15) is 0 Å². The van der Waals surface area contributed by atoms with Crippen LogP contribution in [0.15, 0.2) is 30.5 Å². The monoisotopic (exact) mass is 307 g/mol. The fourth-order valence-corrected chi connectivity index (χ4v) is 2.41. The van der Waals surface area contributed by atoms with Crippen molar-refractivity contribution >= 4 is 22.5 Å². The molecule has 4 nitrogen and oxygen atoms in total. The first kappa shape index (κ1) is 16.2. The summed E-state index contributed by atoms with van der Waals surface area (Å²) in [6, 6.07) is 7.90. The quantitative estimate of drug-likeness (QED) is 0.761. The van der Waals surface area contributed by atoms with Crippen molar-refractivity contribution in [2.45, 2.75) is 6.54 Å². The van der Waals surface area contributed by atoms with E-state index < -0.39 is 0 Å². The maximum Gasteiger partial charge on any atom is 0.0761 e. The van der Waals surface area contributed by atoms with Gasteiger partial charge in [0.05, 0.1) is 12.1 Å². The van der Waals surface area contributed by atoms with Crippen molar-refractivity contribution in [3.63, 3.8) is 0 Å². The molecule has 0 spiro atoms. The SMILES string of the molecule is COCCN(C)CCNCc1ccc(Cl)c2cccnc12. The number of hydrogen-bond acceptors (Lipinski definition) is 4. The summed E-state index contributed by atoms with van der Waals surface area (Å²) in [7, 11) is 3.82. The lowest BCUT2D eigenvalue weighted by Gasteiger charge is -2.16. The van der Waals surface area contributed by atoms with E-state index in [9.17, 15) is 0 Å². The van der Waals surface area contributed by atoms with Gasteiger partial charge in [0.25, 0.3) is 0 Å². The largest absolute Gasteiger partial charge is 0.383 e. The number of fused-ring (bicyclic) bond motifs is 1. The molecule has 0 aliphatic heterocycles. The minimum absolute atomic E-state index is 0.751. The molecule has 1 aromatic heterocycles. The van der Waals surface area contributed by atoms with Crippen LogP contribution in [-0.2, 0) is 11.3 Å². The lowest BCUT2D eigenvalue weighted by molar-refractivity contribution is 0.161. The van der Waals surface area contributed by atoms with E-state index in [1.807, 2.05) is 24.3 Å². The molecule has 5 heteroatoms. The fraction of sp³-hybridized carbons (Fsp3) is 0.438. The zero-order chi connectivity index (χ0) is 15.1. The van der Waals surface area contributed by atoms with Crippen LogP contribution in [-0.4, -0.2) is 50.3 Å². The molecule has 114 valence electrons. The minimum Gasteiger partial charge on any atom is -0.383 e. The zero-order valence-corrected chi connectivity index (χ0v) is 13.4. The fourth-order valence-electron chi connectivity index (χ4n) is 2.19. The van der Waals surface area contributed by atoms with Gasteiger partial charge in [-0.1, -0.05) is 17.7 Å². The molecule has 0 aliphatic rings. The molecular formula is C16H22ClN3O. The van der Waals surface area contributed by atoms with E-state index in [1.165, 1.54) is 5.56 Å². The van der Waals surface area contributed by atoms with Crippen LogP contribution in [0.3, 0.4) is 0 Å². The molecule has 0 unspecified atom stereocenters. The summed E-state index contributed by atoms with van der Waals surface area (Å²) < 4.78 is 5.06. The second kappa shape index (κ2) is 8.29. The summed E-state index contributed by atoms with van der Waals surface area (Å²) in [6.07, 6.45) is 1.81. The van der Waals surface area contributed by atoms with Crippen molar-refractivity contribution in [3.8, 4) is 0 Å². The molecule has 1 N–H and O–H groups in total. The molecule has 1 aromatic carbocycles. The summed E-state index contributed by atoms with van der Waals surface area (Å²) >= 11 is 6.20. The number of rotatable bonds is 8. The molecule has 2 rings (SSSR count). The zero-order valence-electron chi connectivity index (χ0n) is 12.6. The van der Waals surface area contributed by atoms with Gasteiger partial charge < -0.3 is 15.0 Å². The van der Waals surface area contributed by atoms with Crippen LogP contribution < -0.4 is 5.32 Å². The van der Waals surface area contributed by atoms with E-state index in [1.54, 1.807) is 13.3 Å². The van der Waals surface area contributed by atoms with Crippen LogP contribution in [0.2, 0.25) is 5.02 Å². The number of hydrogen-bond donors (Lipinski definition) is 1. The second-order valence-electron chi connectivity index (χ2n) is 5.08. The number of nitrogens with one attached hydrogen (secondary N) is 1. The Kier molecular flexibility index (Phi) is 6.39. The lowest BCUT2D eigenvalue weighted by Crippen LogP contribution is -2.31.